The zero-order valence-electron chi connectivity index (χ0n) is 20.7. The fourth-order valence-corrected chi connectivity index (χ4v) is 5.58. The lowest BCUT2D eigenvalue weighted by atomic mass is 10.0. The zero-order valence-corrected chi connectivity index (χ0v) is 20.7. The van der Waals surface area contributed by atoms with Gasteiger partial charge in [-0.15, -0.1) is 0 Å². The molecule has 1 unspecified atom stereocenters. The van der Waals surface area contributed by atoms with Crippen molar-refractivity contribution in [2.45, 2.75) is 69.7 Å². The Balaban J connectivity index is 1.33. The van der Waals surface area contributed by atoms with Gasteiger partial charge in [0, 0.05) is 35.8 Å². The number of hydrogen-bond acceptors (Lipinski definition) is 5. The van der Waals surface area contributed by atoms with Crippen LogP contribution in [0, 0.1) is 11.7 Å². The molecule has 1 aliphatic heterocycles. The number of nitrogens with zero attached hydrogens (tertiary/aromatic N) is 4. The van der Waals surface area contributed by atoms with Crippen molar-refractivity contribution < 1.29 is 18.7 Å². The Morgan fingerprint density at radius 1 is 1.08 bits per heavy atom. The minimum Gasteiger partial charge on any atom is -0.469 e. The maximum Gasteiger partial charge on any atom is 0.309 e. The van der Waals surface area contributed by atoms with E-state index in [1.165, 1.54) is 13.2 Å². The molecular weight excluding hydrogens is 459 g/mol. The van der Waals surface area contributed by atoms with Crippen LogP contribution in [0.1, 0.15) is 85.5 Å². The third-order valence-corrected chi connectivity index (χ3v) is 7.97. The van der Waals surface area contributed by atoms with Crippen molar-refractivity contribution in [2.24, 2.45) is 5.92 Å². The van der Waals surface area contributed by atoms with Crippen LogP contribution in [0.3, 0.4) is 0 Å². The Bertz CT molecular complexity index is 1350. The molecule has 1 saturated heterocycles. The Labute approximate surface area is 209 Å². The van der Waals surface area contributed by atoms with Crippen molar-refractivity contribution in [3.8, 4) is 11.3 Å². The number of benzene rings is 1. The van der Waals surface area contributed by atoms with E-state index < -0.39 is 0 Å². The van der Waals surface area contributed by atoms with Gasteiger partial charge in [0.05, 0.1) is 18.7 Å². The molecule has 0 N–H and O–H groups in total. The molecule has 8 heteroatoms. The minimum atomic E-state index is -0.380. The summed E-state index contributed by atoms with van der Waals surface area (Å²) < 4.78 is 21.8. The van der Waals surface area contributed by atoms with E-state index in [0.717, 1.165) is 56.3 Å². The first-order chi connectivity index (χ1) is 17.4. The van der Waals surface area contributed by atoms with E-state index in [2.05, 4.69) is 6.92 Å². The van der Waals surface area contributed by atoms with E-state index in [9.17, 15) is 9.59 Å². The topological polar surface area (TPSA) is 76.8 Å². The Morgan fingerprint density at radius 3 is 2.67 bits per heavy atom. The highest BCUT2D eigenvalue weighted by Crippen LogP contribution is 2.48. The van der Waals surface area contributed by atoms with Crippen LogP contribution in [0.2, 0.25) is 0 Å². The number of ether oxygens (including phenoxy) is 1. The molecule has 7 nitrogen and oxygen atoms in total. The average Bonchev–Trinajstić information content (AvgIpc) is 3.79. The lowest BCUT2D eigenvalue weighted by Crippen LogP contribution is -2.38. The van der Waals surface area contributed by atoms with E-state index in [0.29, 0.717) is 34.9 Å². The molecular formula is C28H31FN4O3. The monoisotopic (exact) mass is 490 g/mol. The SMILES string of the molecule is COC(=O)C1C[C@@H]1c1ccc(-c2cc3nc(C(=O)N4CCCCC[C@H]4C)cc(C4CC4)n3n2)c(F)c1. The maximum atomic E-state index is 15.2. The lowest BCUT2D eigenvalue weighted by Gasteiger charge is -2.27. The minimum absolute atomic E-state index is 0.000143. The Kier molecular flexibility index (Phi) is 5.77. The predicted molar refractivity (Wildman–Crippen MR) is 132 cm³/mol. The molecule has 3 aromatic rings. The van der Waals surface area contributed by atoms with Crippen molar-refractivity contribution in [2.75, 3.05) is 13.7 Å². The predicted octanol–water partition coefficient (Wildman–Crippen LogP) is 5.09. The average molecular weight is 491 g/mol. The van der Waals surface area contributed by atoms with Crippen LogP contribution in [0.5, 0.6) is 0 Å². The number of hydrogen-bond donors (Lipinski definition) is 0. The molecule has 0 spiro atoms. The molecule has 3 aliphatic rings. The van der Waals surface area contributed by atoms with Crippen molar-refractivity contribution in [1.82, 2.24) is 19.5 Å². The molecule has 0 bridgehead atoms. The van der Waals surface area contributed by atoms with Gasteiger partial charge in [0.2, 0.25) is 0 Å². The smallest absolute Gasteiger partial charge is 0.309 e. The summed E-state index contributed by atoms with van der Waals surface area (Å²) in [5.74, 6) is -0.508. The van der Waals surface area contributed by atoms with Crippen molar-refractivity contribution in [1.29, 1.82) is 0 Å². The first kappa shape index (κ1) is 23.1. The molecule has 3 atom stereocenters. The number of likely N-dealkylation sites (tertiary alicyclic amines) is 1. The van der Waals surface area contributed by atoms with Gasteiger partial charge in [-0.25, -0.2) is 13.9 Å². The number of carbonyl (C=O) groups is 2. The van der Waals surface area contributed by atoms with Crippen LogP contribution in [0.15, 0.2) is 30.3 Å². The number of halogens is 1. The fraction of sp³-hybridized carbons (Fsp3) is 0.500. The van der Waals surface area contributed by atoms with Gasteiger partial charge in [-0.05, 0) is 68.7 Å². The summed E-state index contributed by atoms with van der Waals surface area (Å²) in [6.07, 6.45) is 7.10. The Hall–Kier alpha value is -3.29. The summed E-state index contributed by atoms with van der Waals surface area (Å²) in [5, 5.41) is 4.71. The van der Waals surface area contributed by atoms with E-state index in [1.807, 2.05) is 17.0 Å². The van der Waals surface area contributed by atoms with E-state index >= 15 is 4.39 Å². The quantitative estimate of drug-likeness (QED) is 0.466. The number of methoxy groups -OCH3 is 1. The third kappa shape index (κ3) is 4.16. The maximum absolute atomic E-state index is 15.2. The second-order valence-electron chi connectivity index (χ2n) is 10.5. The molecule has 3 fully saturated rings. The summed E-state index contributed by atoms with van der Waals surface area (Å²) in [4.78, 5) is 31.9. The summed E-state index contributed by atoms with van der Waals surface area (Å²) in [6.45, 7) is 2.87. The second kappa shape index (κ2) is 8.98. The number of amides is 1. The molecule has 2 aromatic heterocycles. The first-order valence-corrected chi connectivity index (χ1v) is 13.0. The van der Waals surface area contributed by atoms with Gasteiger partial charge in [-0.2, -0.15) is 5.10 Å². The number of aromatic nitrogens is 3. The molecule has 0 radical (unpaired) electrons. The van der Waals surface area contributed by atoms with Crippen LogP contribution in [0.4, 0.5) is 4.39 Å². The first-order valence-electron chi connectivity index (χ1n) is 13.0. The summed E-state index contributed by atoms with van der Waals surface area (Å²) >= 11 is 0. The zero-order chi connectivity index (χ0) is 25.0. The highest BCUT2D eigenvalue weighted by Gasteiger charge is 2.45. The molecule has 2 saturated carbocycles. The molecule has 2 aliphatic carbocycles. The van der Waals surface area contributed by atoms with Gasteiger partial charge in [0.15, 0.2) is 5.65 Å². The molecule has 188 valence electrons. The molecule has 1 aromatic carbocycles. The Morgan fingerprint density at radius 2 is 1.92 bits per heavy atom. The van der Waals surface area contributed by atoms with Gasteiger partial charge in [-0.1, -0.05) is 18.9 Å². The number of esters is 1. The third-order valence-electron chi connectivity index (χ3n) is 7.97. The van der Waals surface area contributed by atoms with Gasteiger partial charge in [0.25, 0.3) is 5.91 Å². The molecule has 3 heterocycles. The van der Waals surface area contributed by atoms with Crippen molar-refractivity contribution in [3.63, 3.8) is 0 Å². The van der Waals surface area contributed by atoms with Crippen LogP contribution >= 0.6 is 0 Å². The van der Waals surface area contributed by atoms with E-state index in [4.69, 9.17) is 14.8 Å². The lowest BCUT2D eigenvalue weighted by molar-refractivity contribution is -0.142. The second-order valence-corrected chi connectivity index (χ2v) is 10.5. The molecule has 36 heavy (non-hydrogen) atoms. The van der Waals surface area contributed by atoms with Crippen molar-refractivity contribution >= 4 is 17.5 Å². The van der Waals surface area contributed by atoms with Gasteiger partial charge in [0.1, 0.15) is 11.5 Å². The standard InChI is InChI=1S/C28H31FN4O3/c1-16-6-4-3-5-11-32(16)27(34)24-14-25(17-7-8-17)33-26(30-24)15-23(31-33)19-10-9-18(12-22(19)29)20-13-21(20)28(35)36-2/h9-10,12,14-17,20-21H,3-8,11,13H2,1-2H3/t16-,20-,21?/m1/s1. The normalized spacial score (nSPS) is 24.0. The van der Waals surface area contributed by atoms with Crippen molar-refractivity contribution in [3.05, 3.63) is 53.1 Å². The summed E-state index contributed by atoms with van der Waals surface area (Å²) in [6, 6.07) is 8.93. The van der Waals surface area contributed by atoms with Gasteiger partial charge in [-0.3, -0.25) is 9.59 Å². The van der Waals surface area contributed by atoms with Crippen LogP contribution in [0.25, 0.3) is 16.9 Å². The summed E-state index contributed by atoms with van der Waals surface area (Å²) in [7, 11) is 1.38. The summed E-state index contributed by atoms with van der Waals surface area (Å²) in [5.41, 5.74) is 3.65. The number of carbonyl (C=O) groups excluding carboxylic acids is 2. The van der Waals surface area contributed by atoms with E-state index in [-0.39, 0.29) is 35.6 Å². The molecule has 1 amide bonds. The van der Waals surface area contributed by atoms with Crippen LogP contribution < -0.4 is 0 Å². The van der Waals surface area contributed by atoms with Crippen LogP contribution in [-0.4, -0.2) is 51.1 Å². The fourth-order valence-electron chi connectivity index (χ4n) is 5.58. The largest absolute Gasteiger partial charge is 0.469 e. The van der Waals surface area contributed by atoms with Crippen LogP contribution in [-0.2, 0) is 9.53 Å². The van der Waals surface area contributed by atoms with Gasteiger partial charge >= 0.3 is 5.97 Å². The number of rotatable bonds is 5. The highest BCUT2D eigenvalue weighted by molar-refractivity contribution is 5.93. The molecule has 6 rings (SSSR count). The van der Waals surface area contributed by atoms with Gasteiger partial charge < -0.3 is 9.64 Å². The number of fused-ring (bicyclic) bond motifs is 1. The van der Waals surface area contributed by atoms with E-state index in [1.54, 1.807) is 16.6 Å². The highest BCUT2D eigenvalue weighted by atomic mass is 19.1.